The fraction of sp³-hybridized carbons (Fsp3) is 0.208. The topological polar surface area (TPSA) is 111 Å². The minimum atomic E-state index is -4.93. The normalized spacial score (nSPS) is 11.4. The predicted octanol–water partition coefficient (Wildman–Crippen LogP) is 4.28. The SMILES string of the molecule is CCc1ncc(-c2ccc3nc(NC(C)=O)cn3n2)cc1C(=O)NCc1cc(OC(F)(F)F)ccc1F. The van der Waals surface area contributed by atoms with Crippen LogP contribution in [0.3, 0.4) is 0 Å². The maximum absolute atomic E-state index is 14.1. The third-order valence-electron chi connectivity index (χ3n) is 5.16. The van der Waals surface area contributed by atoms with Crippen molar-refractivity contribution in [2.24, 2.45) is 0 Å². The number of carbonyl (C=O) groups excluding carboxylic acids is 2. The largest absolute Gasteiger partial charge is 0.573 e. The number of alkyl halides is 3. The summed E-state index contributed by atoms with van der Waals surface area (Å²) in [4.78, 5) is 32.8. The molecule has 0 aliphatic carbocycles. The highest BCUT2D eigenvalue weighted by Gasteiger charge is 2.31. The van der Waals surface area contributed by atoms with Crippen molar-refractivity contribution in [3.8, 4) is 17.0 Å². The molecule has 0 bridgehead atoms. The second-order valence-corrected chi connectivity index (χ2v) is 7.88. The van der Waals surface area contributed by atoms with Crippen LogP contribution in [0.4, 0.5) is 23.4 Å². The average Bonchev–Trinajstić information content (AvgIpc) is 3.23. The number of hydrogen-bond donors (Lipinski definition) is 2. The number of halogens is 4. The van der Waals surface area contributed by atoms with Gasteiger partial charge >= 0.3 is 6.36 Å². The van der Waals surface area contributed by atoms with E-state index in [9.17, 15) is 27.2 Å². The molecule has 0 spiro atoms. The molecule has 0 aliphatic rings. The molecule has 13 heteroatoms. The third-order valence-corrected chi connectivity index (χ3v) is 5.16. The summed E-state index contributed by atoms with van der Waals surface area (Å²) in [6.45, 7) is 2.78. The van der Waals surface area contributed by atoms with E-state index < -0.39 is 23.8 Å². The van der Waals surface area contributed by atoms with E-state index in [1.165, 1.54) is 17.6 Å². The summed E-state index contributed by atoms with van der Waals surface area (Å²) in [5.41, 5.74) is 1.95. The van der Waals surface area contributed by atoms with Gasteiger partial charge in [-0.25, -0.2) is 13.9 Å². The Morgan fingerprint density at radius 3 is 2.62 bits per heavy atom. The number of anilines is 1. The van der Waals surface area contributed by atoms with E-state index in [1.54, 1.807) is 31.3 Å². The van der Waals surface area contributed by atoms with E-state index in [-0.39, 0.29) is 23.6 Å². The Balaban J connectivity index is 1.57. The first-order chi connectivity index (χ1) is 17.5. The molecule has 1 aromatic carbocycles. The van der Waals surface area contributed by atoms with Crippen molar-refractivity contribution in [1.29, 1.82) is 0 Å². The predicted molar refractivity (Wildman–Crippen MR) is 124 cm³/mol. The van der Waals surface area contributed by atoms with Crippen molar-refractivity contribution < 1.29 is 31.9 Å². The minimum absolute atomic E-state index is 0.181. The van der Waals surface area contributed by atoms with Gasteiger partial charge in [-0.2, -0.15) is 5.10 Å². The number of nitrogens with one attached hydrogen (secondary N) is 2. The van der Waals surface area contributed by atoms with Gasteiger partial charge in [-0.3, -0.25) is 14.6 Å². The van der Waals surface area contributed by atoms with E-state index in [2.05, 4.69) is 30.4 Å². The molecule has 192 valence electrons. The van der Waals surface area contributed by atoms with Crippen LogP contribution >= 0.6 is 0 Å². The van der Waals surface area contributed by atoms with Gasteiger partial charge < -0.3 is 15.4 Å². The van der Waals surface area contributed by atoms with E-state index in [0.29, 0.717) is 34.8 Å². The van der Waals surface area contributed by atoms with Gasteiger partial charge in [-0.15, -0.1) is 13.2 Å². The molecule has 0 saturated carbocycles. The van der Waals surface area contributed by atoms with Gasteiger partial charge in [0.15, 0.2) is 11.5 Å². The fourth-order valence-electron chi connectivity index (χ4n) is 3.54. The summed E-state index contributed by atoms with van der Waals surface area (Å²) in [6.07, 6.45) is -1.43. The molecule has 37 heavy (non-hydrogen) atoms. The molecule has 2 N–H and O–H groups in total. The molecule has 0 saturated heterocycles. The first kappa shape index (κ1) is 25.5. The zero-order chi connectivity index (χ0) is 26.7. The van der Waals surface area contributed by atoms with Crippen molar-refractivity contribution in [2.45, 2.75) is 33.2 Å². The Morgan fingerprint density at radius 1 is 1.14 bits per heavy atom. The number of ether oxygens (including phenoxy) is 1. The van der Waals surface area contributed by atoms with E-state index in [0.717, 1.165) is 18.2 Å². The van der Waals surface area contributed by atoms with Gasteiger partial charge in [-0.1, -0.05) is 6.92 Å². The number of carbonyl (C=O) groups is 2. The number of pyridine rings is 1. The van der Waals surface area contributed by atoms with Crippen LogP contribution in [0, 0.1) is 5.82 Å². The summed E-state index contributed by atoms with van der Waals surface area (Å²) < 4.78 is 56.9. The summed E-state index contributed by atoms with van der Waals surface area (Å²) >= 11 is 0. The smallest absolute Gasteiger partial charge is 0.406 e. The molecular weight excluding hydrogens is 496 g/mol. The monoisotopic (exact) mass is 516 g/mol. The number of nitrogens with zero attached hydrogens (tertiary/aromatic N) is 4. The maximum atomic E-state index is 14.1. The van der Waals surface area contributed by atoms with Crippen molar-refractivity contribution >= 4 is 23.3 Å². The molecule has 9 nitrogen and oxygen atoms in total. The molecule has 0 unspecified atom stereocenters. The number of amides is 2. The number of rotatable bonds is 7. The summed E-state index contributed by atoms with van der Waals surface area (Å²) in [5.74, 6) is -1.94. The highest BCUT2D eigenvalue weighted by molar-refractivity contribution is 5.96. The first-order valence-electron chi connectivity index (χ1n) is 11.0. The van der Waals surface area contributed by atoms with Crippen LogP contribution in [0.5, 0.6) is 5.75 Å². The molecule has 4 aromatic rings. The highest BCUT2D eigenvalue weighted by Crippen LogP contribution is 2.25. The Morgan fingerprint density at radius 2 is 1.92 bits per heavy atom. The van der Waals surface area contributed by atoms with Gasteiger partial charge in [0.2, 0.25) is 5.91 Å². The highest BCUT2D eigenvalue weighted by atomic mass is 19.4. The molecule has 0 fully saturated rings. The molecule has 0 radical (unpaired) electrons. The zero-order valence-electron chi connectivity index (χ0n) is 19.6. The maximum Gasteiger partial charge on any atom is 0.573 e. The average molecular weight is 516 g/mol. The quantitative estimate of drug-likeness (QED) is 0.355. The second kappa shape index (κ2) is 10.2. The van der Waals surface area contributed by atoms with Crippen molar-refractivity contribution in [3.63, 3.8) is 0 Å². The van der Waals surface area contributed by atoms with Gasteiger partial charge in [0.25, 0.3) is 5.91 Å². The molecular formula is C24H20F4N6O3. The molecule has 0 atom stereocenters. The lowest BCUT2D eigenvalue weighted by Crippen LogP contribution is -2.25. The number of benzene rings is 1. The molecule has 3 heterocycles. The Bertz CT molecular complexity index is 1490. The number of fused-ring (bicyclic) bond motifs is 1. The van der Waals surface area contributed by atoms with Crippen LogP contribution in [0.25, 0.3) is 16.9 Å². The van der Waals surface area contributed by atoms with Crippen LogP contribution < -0.4 is 15.4 Å². The Kier molecular flexibility index (Phi) is 7.05. The number of imidazole rings is 1. The van der Waals surface area contributed by atoms with Crippen LogP contribution in [-0.2, 0) is 17.8 Å². The lowest BCUT2D eigenvalue weighted by Gasteiger charge is -2.13. The van der Waals surface area contributed by atoms with Crippen molar-refractivity contribution in [1.82, 2.24) is 24.9 Å². The summed E-state index contributed by atoms with van der Waals surface area (Å²) in [7, 11) is 0. The summed E-state index contributed by atoms with van der Waals surface area (Å²) in [5, 5.41) is 9.54. The lowest BCUT2D eigenvalue weighted by atomic mass is 10.1. The van der Waals surface area contributed by atoms with Gasteiger partial charge in [0.1, 0.15) is 11.6 Å². The number of aromatic nitrogens is 4. The van der Waals surface area contributed by atoms with Crippen molar-refractivity contribution in [2.75, 3.05) is 5.32 Å². The van der Waals surface area contributed by atoms with E-state index in [4.69, 9.17) is 0 Å². The third kappa shape index (κ3) is 6.18. The Hall–Kier alpha value is -4.55. The number of hydrogen-bond acceptors (Lipinski definition) is 6. The van der Waals surface area contributed by atoms with E-state index >= 15 is 0 Å². The Labute approximate surface area is 207 Å². The summed E-state index contributed by atoms with van der Waals surface area (Å²) in [6, 6.07) is 7.47. The molecule has 2 amide bonds. The van der Waals surface area contributed by atoms with Crippen molar-refractivity contribution in [3.05, 3.63) is 71.4 Å². The van der Waals surface area contributed by atoms with Crippen LogP contribution in [0.2, 0.25) is 0 Å². The van der Waals surface area contributed by atoms with Crippen LogP contribution in [-0.4, -0.2) is 37.8 Å². The standard InChI is InChI=1S/C24H20F4N6O3/c1-3-19-17(23(36)30-10-14-8-16(4-5-18(14)25)37-24(26,27)28)9-15(11-29-19)20-6-7-22-32-21(31-13(2)35)12-34(22)33-20/h4-9,11-12H,3,10H2,1-2H3,(H,30,36)(H,31,35). The van der Waals surface area contributed by atoms with Gasteiger partial charge in [0.05, 0.1) is 23.1 Å². The van der Waals surface area contributed by atoms with Gasteiger partial charge in [0, 0.05) is 30.8 Å². The van der Waals surface area contributed by atoms with Gasteiger partial charge in [-0.05, 0) is 42.8 Å². The van der Waals surface area contributed by atoms with Crippen LogP contribution in [0.1, 0.15) is 35.5 Å². The number of aryl methyl sites for hydroxylation is 1. The lowest BCUT2D eigenvalue weighted by molar-refractivity contribution is -0.274. The van der Waals surface area contributed by atoms with Crippen LogP contribution in [0.15, 0.2) is 48.8 Å². The molecule has 4 rings (SSSR count). The fourth-order valence-corrected chi connectivity index (χ4v) is 3.54. The first-order valence-corrected chi connectivity index (χ1v) is 11.0. The molecule has 3 aromatic heterocycles. The zero-order valence-corrected chi connectivity index (χ0v) is 19.6. The molecule has 0 aliphatic heterocycles. The minimum Gasteiger partial charge on any atom is -0.406 e. The second-order valence-electron chi connectivity index (χ2n) is 7.88. The van der Waals surface area contributed by atoms with E-state index in [1.807, 2.05) is 0 Å².